The number of hydrogen-bond donors (Lipinski definition) is 1. The summed E-state index contributed by atoms with van der Waals surface area (Å²) in [5.41, 5.74) is 0.529. The third kappa shape index (κ3) is 2.44. The van der Waals surface area contributed by atoms with Crippen LogP contribution in [0.15, 0.2) is 22.9 Å². The van der Waals surface area contributed by atoms with Gasteiger partial charge in [-0.15, -0.1) is 0 Å². The average molecular weight is 288 g/mol. The van der Waals surface area contributed by atoms with Gasteiger partial charge in [0.05, 0.1) is 12.2 Å². The summed E-state index contributed by atoms with van der Waals surface area (Å²) >= 11 is 0. The van der Waals surface area contributed by atoms with E-state index in [1.807, 2.05) is 0 Å². The van der Waals surface area contributed by atoms with Crippen molar-refractivity contribution >= 4 is 0 Å². The monoisotopic (exact) mass is 288 g/mol. The zero-order valence-corrected chi connectivity index (χ0v) is 11.6. The fourth-order valence-electron chi connectivity index (χ4n) is 3.50. The molecule has 110 valence electrons. The SMILES string of the molecule is Fc1ccc(-c2noc(C3CC4CCCCC4N3)n2)nc1. The van der Waals surface area contributed by atoms with E-state index in [1.54, 1.807) is 6.07 Å². The number of nitrogens with one attached hydrogen (secondary N) is 1. The van der Waals surface area contributed by atoms with Gasteiger partial charge in [0, 0.05) is 6.04 Å². The van der Waals surface area contributed by atoms with Crippen LogP contribution in [0.4, 0.5) is 4.39 Å². The van der Waals surface area contributed by atoms with Crippen LogP contribution < -0.4 is 5.32 Å². The first-order valence-corrected chi connectivity index (χ1v) is 7.51. The van der Waals surface area contributed by atoms with E-state index in [1.165, 1.54) is 31.7 Å². The number of halogens is 1. The molecule has 3 unspecified atom stereocenters. The minimum Gasteiger partial charge on any atom is -0.337 e. The summed E-state index contributed by atoms with van der Waals surface area (Å²) < 4.78 is 18.3. The van der Waals surface area contributed by atoms with Gasteiger partial charge in [-0.3, -0.25) is 0 Å². The smallest absolute Gasteiger partial charge is 0.244 e. The summed E-state index contributed by atoms with van der Waals surface area (Å²) in [7, 11) is 0. The fraction of sp³-hybridized carbons (Fsp3) is 0.533. The maximum absolute atomic E-state index is 12.9. The average Bonchev–Trinajstić information content (AvgIpc) is 3.14. The van der Waals surface area contributed by atoms with Crippen molar-refractivity contribution < 1.29 is 8.91 Å². The van der Waals surface area contributed by atoms with E-state index >= 15 is 0 Å². The van der Waals surface area contributed by atoms with Crippen LogP contribution in [-0.4, -0.2) is 21.2 Å². The molecule has 3 atom stereocenters. The summed E-state index contributed by atoms with van der Waals surface area (Å²) in [6.45, 7) is 0. The molecule has 6 heteroatoms. The Balaban J connectivity index is 1.53. The maximum atomic E-state index is 12.9. The highest BCUT2D eigenvalue weighted by Crippen LogP contribution is 2.38. The first-order chi connectivity index (χ1) is 10.3. The highest BCUT2D eigenvalue weighted by Gasteiger charge is 2.38. The third-order valence-corrected chi connectivity index (χ3v) is 4.56. The normalized spacial score (nSPS) is 28.5. The van der Waals surface area contributed by atoms with Gasteiger partial charge in [0.2, 0.25) is 11.7 Å². The Morgan fingerprint density at radius 1 is 1.24 bits per heavy atom. The van der Waals surface area contributed by atoms with E-state index in [0.29, 0.717) is 23.5 Å². The number of nitrogens with zero attached hydrogens (tertiary/aromatic N) is 3. The Hall–Kier alpha value is -1.82. The van der Waals surface area contributed by atoms with Crippen molar-refractivity contribution in [1.29, 1.82) is 0 Å². The molecule has 0 bridgehead atoms. The first-order valence-electron chi connectivity index (χ1n) is 7.51. The van der Waals surface area contributed by atoms with Gasteiger partial charge in [-0.2, -0.15) is 4.98 Å². The minimum absolute atomic E-state index is 0.139. The summed E-state index contributed by atoms with van der Waals surface area (Å²) in [4.78, 5) is 8.41. The van der Waals surface area contributed by atoms with Crippen LogP contribution in [0.25, 0.3) is 11.5 Å². The zero-order chi connectivity index (χ0) is 14.2. The molecule has 1 saturated heterocycles. The molecule has 1 N–H and O–H groups in total. The highest BCUT2D eigenvalue weighted by atomic mass is 19.1. The minimum atomic E-state index is -0.371. The van der Waals surface area contributed by atoms with Crippen LogP contribution in [0.5, 0.6) is 0 Å². The van der Waals surface area contributed by atoms with E-state index in [4.69, 9.17) is 4.52 Å². The van der Waals surface area contributed by atoms with E-state index in [0.717, 1.165) is 18.5 Å². The first kappa shape index (κ1) is 12.9. The van der Waals surface area contributed by atoms with Gasteiger partial charge in [0.1, 0.15) is 11.5 Å². The number of rotatable bonds is 2. The van der Waals surface area contributed by atoms with Gasteiger partial charge in [0.15, 0.2) is 0 Å². The van der Waals surface area contributed by atoms with Crippen LogP contribution in [0.3, 0.4) is 0 Å². The Morgan fingerprint density at radius 3 is 2.95 bits per heavy atom. The predicted molar refractivity (Wildman–Crippen MR) is 73.7 cm³/mol. The van der Waals surface area contributed by atoms with Gasteiger partial charge in [-0.1, -0.05) is 18.0 Å². The largest absolute Gasteiger partial charge is 0.337 e. The summed E-state index contributed by atoms with van der Waals surface area (Å²) in [5, 5.41) is 7.57. The molecule has 21 heavy (non-hydrogen) atoms. The second kappa shape index (κ2) is 5.18. The number of fused-ring (bicyclic) bond motifs is 1. The molecule has 1 saturated carbocycles. The van der Waals surface area contributed by atoms with Crippen molar-refractivity contribution in [2.24, 2.45) is 5.92 Å². The Morgan fingerprint density at radius 2 is 2.14 bits per heavy atom. The molecular formula is C15H17FN4O. The topological polar surface area (TPSA) is 63.8 Å². The maximum Gasteiger partial charge on any atom is 0.244 e. The van der Waals surface area contributed by atoms with Gasteiger partial charge in [0.25, 0.3) is 0 Å². The second-order valence-electron chi connectivity index (χ2n) is 5.92. The summed E-state index contributed by atoms with van der Waals surface area (Å²) in [6, 6.07) is 3.63. The van der Waals surface area contributed by atoms with Gasteiger partial charge < -0.3 is 9.84 Å². The molecule has 5 nitrogen and oxygen atoms in total. The molecule has 2 aromatic heterocycles. The number of aromatic nitrogens is 3. The van der Waals surface area contributed by atoms with Gasteiger partial charge in [-0.25, -0.2) is 9.37 Å². The second-order valence-corrected chi connectivity index (χ2v) is 5.92. The summed E-state index contributed by atoms with van der Waals surface area (Å²) in [5.74, 6) is 1.39. The highest BCUT2D eigenvalue weighted by molar-refractivity contribution is 5.47. The van der Waals surface area contributed by atoms with E-state index in [2.05, 4.69) is 20.4 Å². The van der Waals surface area contributed by atoms with Crippen LogP contribution in [-0.2, 0) is 0 Å². The lowest BCUT2D eigenvalue weighted by Gasteiger charge is -2.24. The van der Waals surface area contributed by atoms with Crippen LogP contribution in [0.2, 0.25) is 0 Å². The molecule has 4 rings (SSSR count). The molecule has 0 spiro atoms. The van der Waals surface area contributed by atoms with Crippen LogP contribution in [0, 0.1) is 11.7 Å². The van der Waals surface area contributed by atoms with Gasteiger partial charge in [-0.05, 0) is 37.3 Å². The lowest BCUT2D eigenvalue weighted by molar-refractivity contribution is 0.324. The van der Waals surface area contributed by atoms with Gasteiger partial charge >= 0.3 is 0 Å². The van der Waals surface area contributed by atoms with Crippen molar-refractivity contribution in [3.05, 3.63) is 30.0 Å². The van der Waals surface area contributed by atoms with Crippen LogP contribution in [0.1, 0.15) is 44.0 Å². The van der Waals surface area contributed by atoms with Crippen molar-refractivity contribution in [3.63, 3.8) is 0 Å². The Labute approximate surface area is 122 Å². The molecule has 2 aromatic rings. The van der Waals surface area contributed by atoms with E-state index in [-0.39, 0.29) is 11.9 Å². The van der Waals surface area contributed by atoms with Crippen molar-refractivity contribution in [2.45, 2.75) is 44.2 Å². The Kier molecular flexibility index (Phi) is 3.18. The molecule has 3 heterocycles. The quantitative estimate of drug-likeness (QED) is 0.920. The van der Waals surface area contributed by atoms with Crippen molar-refractivity contribution in [1.82, 2.24) is 20.4 Å². The zero-order valence-electron chi connectivity index (χ0n) is 11.6. The summed E-state index contributed by atoms with van der Waals surface area (Å²) in [6.07, 6.45) is 7.37. The number of pyridine rings is 1. The predicted octanol–water partition coefficient (Wildman–Crippen LogP) is 2.86. The molecular weight excluding hydrogens is 271 g/mol. The fourth-order valence-corrected chi connectivity index (χ4v) is 3.50. The Bertz CT molecular complexity index is 613. The molecule has 0 aromatic carbocycles. The lowest BCUT2D eigenvalue weighted by Crippen LogP contribution is -2.30. The molecule has 2 fully saturated rings. The van der Waals surface area contributed by atoms with E-state index < -0.39 is 0 Å². The number of hydrogen-bond acceptors (Lipinski definition) is 5. The molecule has 1 aliphatic heterocycles. The van der Waals surface area contributed by atoms with Crippen molar-refractivity contribution in [2.75, 3.05) is 0 Å². The molecule has 0 amide bonds. The third-order valence-electron chi connectivity index (χ3n) is 4.56. The van der Waals surface area contributed by atoms with Crippen LogP contribution >= 0.6 is 0 Å². The molecule has 1 aliphatic carbocycles. The molecule has 2 aliphatic rings. The lowest BCUT2D eigenvalue weighted by atomic mass is 9.85. The van der Waals surface area contributed by atoms with Crippen molar-refractivity contribution in [3.8, 4) is 11.5 Å². The molecule has 0 radical (unpaired) electrons. The van der Waals surface area contributed by atoms with E-state index in [9.17, 15) is 4.39 Å². The standard InChI is InChI=1S/C15H17FN4O/c16-10-5-6-12(17-8-10)14-19-15(21-20-14)13-7-9-3-1-2-4-11(9)18-13/h5-6,8-9,11,13,18H,1-4,7H2.